The number of halogens is 6. The average Bonchev–Trinajstić information content (AvgIpc) is 3.18. The van der Waals surface area contributed by atoms with Crippen LogP contribution in [-0.4, -0.2) is 39.0 Å². The van der Waals surface area contributed by atoms with Crippen LogP contribution >= 0.6 is 0 Å². The summed E-state index contributed by atoms with van der Waals surface area (Å²) in [6, 6.07) is 10.1. The van der Waals surface area contributed by atoms with Gasteiger partial charge in [0.15, 0.2) is 9.84 Å². The number of rotatable bonds is 4. The Morgan fingerprint density at radius 2 is 1.40 bits per heavy atom. The van der Waals surface area contributed by atoms with Crippen LogP contribution < -0.4 is 5.32 Å². The maximum atomic E-state index is 13.3. The summed E-state index contributed by atoms with van der Waals surface area (Å²) in [4.78, 5) is -0.0140. The van der Waals surface area contributed by atoms with Gasteiger partial charge in [-0.05, 0) is 30.7 Å². The predicted octanol–water partition coefficient (Wildman–Crippen LogP) is 3.66. The zero-order chi connectivity index (χ0) is 22.4. The number of hydrogen-bond donors (Lipinski definition) is 2. The third kappa shape index (κ3) is 3.28. The van der Waals surface area contributed by atoms with Crippen LogP contribution in [0.1, 0.15) is 17.5 Å². The Balaban J connectivity index is 2.12. The van der Waals surface area contributed by atoms with Gasteiger partial charge in [0, 0.05) is 12.1 Å². The predicted molar refractivity (Wildman–Crippen MR) is 95.2 cm³/mol. The van der Waals surface area contributed by atoms with E-state index >= 15 is 0 Å². The summed E-state index contributed by atoms with van der Waals surface area (Å²) in [6.07, 6.45) is -12.0. The van der Waals surface area contributed by atoms with E-state index in [2.05, 4.69) is 5.32 Å². The van der Waals surface area contributed by atoms with Gasteiger partial charge < -0.3 is 10.4 Å². The molecular formula is C19H17F6NO3S. The Kier molecular flexibility index (Phi) is 5.45. The van der Waals surface area contributed by atoms with E-state index in [-0.39, 0.29) is 23.4 Å². The molecule has 0 spiro atoms. The first-order chi connectivity index (χ1) is 13.8. The van der Waals surface area contributed by atoms with Crippen molar-refractivity contribution in [2.75, 3.05) is 13.1 Å². The third-order valence-corrected chi connectivity index (χ3v) is 7.84. The normalized spacial score (nSPS) is 21.0. The van der Waals surface area contributed by atoms with E-state index in [0.29, 0.717) is 18.7 Å². The molecule has 1 fully saturated rings. The number of alkyl halides is 6. The molecule has 30 heavy (non-hydrogen) atoms. The highest BCUT2D eigenvalue weighted by Gasteiger charge is 2.71. The zero-order valence-corrected chi connectivity index (χ0v) is 16.1. The molecule has 2 N–H and O–H groups in total. The maximum Gasteiger partial charge on any atom is 0.430 e. The lowest BCUT2D eigenvalue weighted by molar-refractivity contribution is -0.376. The lowest BCUT2D eigenvalue weighted by atomic mass is 9.89. The molecule has 11 heteroatoms. The van der Waals surface area contributed by atoms with E-state index in [0.717, 1.165) is 12.1 Å². The van der Waals surface area contributed by atoms with Gasteiger partial charge >= 0.3 is 12.4 Å². The molecule has 3 rings (SSSR count). The van der Waals surface area contributed by atoms with E-state index in [1.807, 2.05) is 0 Å². The molecule has 0 aliphatic carbocycles. The molecule has 1 aliphatic rings. The summed E-state index contributed by atoms with van der Waals surface area (Å²) >= 11 is 0. The fourth-order valence-corrected chi connectivity index (χ4v) is 5.70. The van der Waals surface area contributed by atoms with E-state index in [4.69, 9.17) is 0 Å². The van der Waals surface area contributed by atoms with Gasteiger partial charge in [-0.15, -0.1) is 0 Å². The van der Waals surface area contributed by atoms with Crippen molar-refractivity contribution in [1.29, 1.82) is 0 Å². The standard InChI is InChI=1S/C19H17F6NO3S/c20-18(21,22)17(27,19(23,24)25)14-8-6-13(7-9-14)16(10-11-26-12-16)30(28,29)15-4-2-1-3-5-15/h1-9,26-27H,10-12H2. The fourth-order valence-electron chi connectivity index (χ4n) is 3.63. The fraction of sp³-hybridized carbons (Fsp3) is 0.368. The number of hydrogen-bond acceptors (Lipinski definition) is 4. The van der Waals surface area contributed by atoms with Gasteiger partial charge in [-0.2, -0.15) is 26.3 Å². The minimum atomic E-state index is -6.02. The molecule has 2 aromatic rings. The second kappa shape index (κ2) is 7.24. The number of nitrogens with one attached hydrogen (secondary N) is 1. The van der Waals surface area contributed by atoms with Gasteiger partial charge in [0.2, 0.25) is 0 Å². The quantitative estimate of drug-likeness (QED) is 0.694. The van der Waals surface area contributed by atoms with Crippen LogP contribution in [0.2, 0.25) is 0 Å². The largest absolute Gasteiger partial charge is 0.430 e. The van der Waals surface area contributed by atoms with Crippen LogP contribution in [0.5, 0.6) is 0 Å². The molecule has 1 aliphatic heterocycles. The van der Waals surface area contributed by atoms with Gasteiger partial charge in [0.05, 0.1) is 4.90 Å². The molecule has 1 saturated heterocycles. The van der Waals surface area contributed by atoms with Gasteiger partial charge in [0.25, 0.3) is 5.60 Å². The summed E-state index contributed by atoms with van der Waals surface area (Å²) in [7, 11) is -4.03. The van der Waals surface area contributed by atoms with Crippen molar-refractivity contribution < 1.29 is 39.9 Å². The molecule has 1 unspecified atom stereocenters. The first-order valence-corrected chi connectivity index (χ1v) is 10.2. The van der Waals surface area contributed by atoms with Crippen LogP contribution in [0.3, 0.4) is 0 Å². The molecule has 164 valence electrons. The van der Waals surface area contributed by atoms with Crippen molar-refractivity contribution in [1.82, 2.24) is 5.32 Å². The first kappa shape index (κ1) is 22.6. The topological polar surface area (TPSA) is 66.4 Å². The average molecular weight is 453 g/mol. The van der Waals surface area contributed by atoms with Crippen LogP contribution in [0.15, 0.2) is 59.5 Å². The van der Waals surface area contributed by atoms with E-state index < -0.39 is 38.1 Å². The summed E-state index contributed by atoms with van der Waals surface area (Å²) in [5.74, 6) is 0. The first-order valence-electron chi connectivity index (χ1n) is 8.75. The Morgan fingerprint density at radius 3 is 1.83 bits per heavy atom. The van der Waals surface area contributed by atoms with Gasteiger partial charge in [-0.3, -0.25) is 0 Å². The van der Waals surface area contributed by atoms with E-state index in [1.54, 1.807) is 6.07 Å². The van der Waals surface area contributed by atoms with Crippen LogP contribution in [0.4, 0.5) is 26.3 Å². The van der Waals surface area contributed by atoms with Crippen LogP contribution in [0, 0.1) is 0 Å². The Bertz CT molecular complexity index is 981. The summed E-state index contributed by atoms with van der Waals surface area (Å²) in [5, 5.41) is 12.4. The van der Waals surface area contributed by atoms with Crippen molar-refractivity contribution in [3.05, 3.63) is 65.7 Å². The second-order valence-electron chi connectivity index (χ2n) is 7.02. The second-order valence-corrected chi connectivity index (χ2v) is 9.28. The van der Waals surface area contributed by atoms with Crippen molar-refractivity contribution in [3.8, 4) is 0 Å². The molecule has 0 amide bonds. The molecule has 4 nitrogen and oxygen atoms in total. The number of aliphatic hydroxyl groups is 1. The molecule has 0 aromatic heterocycles. The van der Waals surface area contributed by atoms with E-state index in [1.165, 1.54) is 24.3 Å². The molecule has 0 bridgehead atoms. The van der Waals surface area contributed by atoms with Gasteiger partial charge in [-0.1, -0.05) is 42.5 Å². The minimum Gasteiger partial charge on any atom is -0.369 e. The van der Waals surface area contributed by atoms with Crippen LogP contribution in [-0.2, 0) is 20.2 Å². The highest BCUT2D eigenvalue weighted by molar-refractivity contribution is 7.92. The third-order valence-electron chi connectivity index (χ3n) is 5.33. The molecule has 0 radical (unpaired) electrons. The highest BCUT2D eigenvalue weighted by Crippen LogP contribution is 2.50. The molecule has 2 aromatic carbocycles. The molecule has 1 heterocycles. The van der Waals surface area contributed by atoms with Gasteiger partial charge in [-0.25, -0.2) is 8.42 Å². The monoisotopic (exact) mass is 453 g/mol. The lowest BCUT2D eigenvalue weighted by Crippen LogP contribution is -2.54. The molecule has 1 atom stereocenters. The Labute approximate surface area is 168 Å². The van der Waals surface area contributed by atoms with Crippen LogP contribution in [0.25, 0.3) is 0 Å². The van der Waals surface area contributed by atoms with Crippen molar-refractivity contribution in [2.45, 2.75) is 34.0 Å². The maximum absolute atomic E-state index is 13.3. The Hall–Kier alpha value is -2.11. The zero-order valence-electron chi connectivity index (χ0n) is 15.3. The number of benzene rings is 2. The molecule has 0 saturated carbocycles. The summed E-state index contributed by atoms with van der Waals surface area (Å²) < 4.78 is 104. The van der Waals surface area contributed by atoms with Gasteiger partial charge in [0.1, 0.15) is 4.75 Å². The lowest BCUT2D eigenvalue weighted by Gasteiger charge is -2.33. The minimum absolute atomic E-state index is 0.0140. The SMILES string of the molecule is O=S(=O)(c1ccccc1)C1(c2ccc(C(O)(C(F)(F)F)C(F)(F)F)cc2)CCNC1. The smallest absolute Gasteiger partial charge is 0.369 e. The van der Waals surface area contributed by atoms with Crippen molar-refractivity contribution in [3.63, 3.8) is 0 Å². The van der Waals surface area contributed by atoms with Crippen molar-refractivity contribution in [2.24, 2.45) is 0 Å². The van der Waals surface area contributed by atoms with E-state index in [9.17, 15) is 39.9 Å². The molecular weight excluding hydrogens is 436 g/mol. The Morgan fingerprint density at radius 1 is 0.867 bits per heavy atom. The summed E-state index contributed by atoms with van der Waals surface area (Å²) in [6.45, 7) is 0.231. The van der Waals surface area contributed by atoms with Crippen molar-refractivity contribution >= 4 is 9.84 Å². The number of sulfone groups is 1. The summed E-state index contributed by atoms with van der Waals surface area (Å²) in [5.41, 5.74) is -6.48. The highest BCUT2D eigenvalue weighted by atomic mass is 32.2.